The lowest BCUT2D eigenvalue weighted by Crippen LogP contribution is -2.61. The van der Waals surface area contributed by atoms with Gasteiger partial charge in [-0.3, -0.25) is 15.0 Å². The average Bonchev–Trinajstić information content (AvgIpc) is 2.40. The largest absolute Gasteiger partial charge is 0.357 e. The molecule has 2 atom stereocenters. The zero-order valence-electron chi connectivity index (χ0n) is 9.83. The third-order valence-electron chi connectivity index (χ3n) is 3.36. The van der Waals surface area contributed by atoms with Gasteiger partial charge in [-0.25, -0.2) is 4.79 Å². The van der Waals surface area contributed by atoms with Crippen LogP contribution in [0.2, 0.25) is 0 Å². The van der Waals surface area contributed by atoms with Crippen molar-refractivity contribution in [2.75, 3.05) is 13.2 Å². The van der Waals surface area contributed by atoms with Crippen molar-refractivity contribution in [1.29, 1.82) is 0 Å². The lowest BCUT2D eigenvalue weighted by Gasteiger charge is -2.42. The number of imide groups is 1. The molecule has 1 aromatic rings. The third-order valence-corrected chi connectivity index (χ3v) is 3.36. The Morgan fingerprint density at radius 3 is 2.78 bits per heavy atom. The quantitative estimate of drug-likeness (QED) is 0.806. The predicted octanol–water partition coefficient (Wildman–Crippen LogP) is 1.07. The number of urea groups is 1. The average molecular weight is 246 g/mol. The minimum atomic E-state index is -0.470. The number of benzene rings is 1. The number of nitrogens with zero attached hydrogens (tertiary/aromatic N) is 1. The van der Waals surface area contributed by atoms with Crippen molar-refractivity contribution < 1.29 is 14.3 Å². The number of ether oxygens (including phenoxy) is 1. The first kappa shape index (κ1) is 11.2. The Labute approximate surface area is 105 Å². The normalized spacial score (nSPS) is 27.7. The predicted molar refractivity (Wildman–Crippen MR) is 63.8 cm³/mol. The first-order valence-corrected chi connectivity index (χ1v) is 6.05. The lowest BCUT2D eigenvalue weighted by molar-refractivity contribution is -0.141. The van der Waals surface area contributed by atoms with E-state index in [1.165, 1.54) is 0 Å². The highest BCUT2D eigenvalue weighted by Crippen LogP contribution is 2.30. The summed E-state index contributed by atoms with van der Waals surface area (Å²) >= 11 is 0. The van der Waals surface area contributed by atoms with Crippen LogP contribution in [0.4, 0.5) is 4.79 Å². The van der Waals surface area contributed by atoms with Crippen molar-refractivity contribution in [2.45, 2.75) is 18.6 Å². The minimum absolute atomic E-state index is 0.283. The lowest BCUT2D eigenvalue weighted by atomic mass is 9.93. The molecule has 3 amide bonds. The highest BCUT2D eigenvalue weighted by Gasteiger charge is 2.44. The Kier molecular flexibility index (Phi) is 2.76. The summed E-state index contributed by atoms with van der Waals surface area (Å²) in [5.41, 5.74) is 0.874. The van der Waals surface area contributed by atoms with Crippen molar-refractivity contribution in [3.63, 3.8) is 0 Å². The molecule has 3 rings (SSSR count). The number of hydrogen-bond acceptors (Lipinski definition) is 3. The van der Waals surface area contributed by atoms with E-state index >= 15 is 0 Å². The third kappa shape index (κ3) is 1.76. The standard InChI is InChI=1S/C13H14N2O3/c16-11-10(9-5-2-1-3-6-9)12-15(13(17)14-11)7-4-8-18-12/h1-3,5-6,10,12H,4,7-8H2,(H,14,16,17)/t10-,12+/m1/s1. The molecule has 5 nitrogen and oxygen atoms in total. The molecule has 0 saturated carbocycles. The summed E-state index contributed by atoms with van der Waals surface area (Å²) in [6, 6.07) is 9.08. The zero-order chi connectivity index (χ0) is 12.5. The molecule has 1 aromatic carbocycles. The van der Waals surface area contributed by atoms with Crippen LogP contribution in [0.1, 0.15) is 17.9 Å². The molecule has 2 heterocycles. The molecule has 5 heteroatoms. The number of carbonyl (C=O) groups is 2. The smallest absolute Gasteiger partial charge is 0.326 e. The number of carbonyl (C=O) groups excluding carboxylic acids is 2. The van der Waals surface area contributed by atoms with Crippen LogP contribution < -0.4 is 5.32 Å². The summed E-state index contributed by atoms with van der Waals surface area (Å²) in [4.78, 5) is 25.4. The Balaban J connectivity index is 1.96. The maximum absolute atomic E-state index is 12.0. The van der Waals surface area contributed by atoms with Gasteiger partial charge in [0, 0.05) is 6.54 Å². The Morgan fingerprint density at radius 1 is 1.22 bits per heavy atom. The second-order valence-corrected chi connectivity index (χ2v) is 4.49. The van der Waals surface area contributed by atoms with Crippen LogP contribution in [0, 0.1) is 0 Å². The van der Waals surface area contributed by atoms with Gasteiger partial charge in [0.05, 0.1) is 6.61 Å². The van der Waals surface area contributed by atoms with E-state index in [0.717, 1.165) is 12.0 Å². The molecule has 2 aliphatic heterocycles. The molecule has 1 N–H and O–H groups in total. The molecular formula is C13H14N2O3. The van der Waals surface area contributed by atoms with E-state index in [1.54, 1.807) is 4.90 Å². The maximum Gasteiger partial charge on any atom is 0.326 e. The summed E-state index contributed by atoms with van der Waals surface area (Å²) < 4.78 is 5.63. The number of rotatable bonds is 1. The van der Waals surface area contributed by atoms with E-state index in [0.29, 0.717) is 13.2 Å². The van der Waals surface area contributed by atoms with Crippen LogP contribution in [-0.4, -0.2) is 36.2 Å². The Bertz CT molecular complexity index is 474. The highest BCUT2D eigenvalue weighted by molar-refractivity contribution is 6.00. The van der Waals surface area contributed by atoms with Gasteiger partial charge in [-0.15, -0.1) is 0 Å². The second-order valence-electron chi connectivity index (χ2n) is 4.49. The van der Waals surface area contributed by atoms with Crippen LogP contribution in [0.5, 0.6) is 0 Å². The van der Waals surface area contributed by atoms with Gasteiger partial charge in [-0.2, -0.15) is 0 Å². The fraction of sp³-hybridized carbons (Fsp3) is 0.385. The number of amides is 3. The van der Waals surface area contributed by atoms with Crippen LogP contribution in [0.3, 0.4) is 0 Å². The molecule has 2 aliphatic rings. The summed E-state index contributed by atoms with van der Waals surface area (Å²) in [7, 11) is 0. The number of fused-ring (bicyclic) bond motifs is 1. The summed E-state index contributed by atoms with van der Waals surface area (Å²) in [6.45, 7) is 1.22. The molecule has 0 radical (unpaired) electrons. The van der Waals surface area contributed by atoms with Crippen LogP contribution in [0.25, 0.3) is 0 Å². The van der Waals surface area contributed by atoms with Gasteiger partial charge in [0.1, 0.15) is 12.1 Å². The van der Waals surface area contributed by atoms with Gasteiger partial charge in [-0.05, 0) is 12.0 Å². The van der Waals surface area contributed by atoms with Crippen molar-refractivity contribution in [3.05, 3.63) is 35.9 Å². The van der Waals surface area contributed by atoms with Gasteiger partial charge < -0.3 is 4.74 Å². The van der Waals surface area contributed by atoms with Crippen molar-refractivity contribution in [2.24, 2.45) is 0 Å². The van der Waals surface area contributed by atoms with Gasteiger partial charge >= 0.3 is 6.03 Å². The molecule has 0 aliphatic carbocycles. The molecule has 0 unspecified atom stereocenters. The topological polar surface area (TPSA) is 58.6 Å². The fourth-order valence-electron chi connectivity index (χ4n) is 2.51. The first-order valence-electron chi connectivity index (χ1n) is 6.05. The van der Waals surface area contributed by atoms with E-state index in [2.05, 4.69) is 5.32 Å². The van der Waals surface area contributed by atoms with Crippen molar-refractivity contribution >= 4 is 11.9 Å². The van der Waals surface area contributed by atoms with E-state index in [-0.39, 0.29) is 11.9 Å². The monoisotopic (exact) mass is 246 g/mol. The van der Waals surface area contributed by atoms with E-state index in [4.69, 9.17) is 4.74 Å². The van der Waals surface area contributed by atoms with Crippen molar-refractivity contribution in [3.8, 4) is 0 Å². The Hall–Kier alpha value is -1.88. The van der Waals surface area contributed by atoms with E-state index < -0.39 is 12.1 Å². The first-order chi connectivity index (χ1) is 8.77. The van der Waals surface area contributed by atoms with Crippen molar-refractivity contribution in [1.82, 2.24) is 10.2 Å². The molecule has 2 fully saturated rings. The molecule has 0 spiro atoms. The highest BCUT2D eigenvalue weighted by atomic mass is 16.5. The summed E-state index contributed by atoms with van der Waals surface area (Å²) in [5, 5.41) is 2.40. The second kappa shape index (κ2) is 4.42. The molecule has 2 saturated heterocycles. The maximum atomic E-state index is 12.0. The molecular weight excluding hydrogens is 232 g/mol. The number of nitrogens with one attached hydrogen (secondary N) is 1. The van der Waals surface area contributed by atoms with Crippen LogP contribution >= 0.6 is 0 Å². The van der Waals surface area contributed by atoms with E-state index in [1.807, 2.05) is 30.3 Å². The minimum Gasteiger partial charge on any atom is -0.357 e. The van der Waals surface area contributed by atoms with Gasteiger partial charge in [0.15, 0.2) is 0 Å². The fourth-order valence-corrected chi connectivity index (χ4v) is 2.51. The van der Waals surface area contributed by atoms with Gasteiger partial charge in [0.25, 0.3) is 0 Å². The Morgan fingerprint density at radius 2 is 2.00 bits per heavy atom. The molecule has 0 aromatic heterocycles. The zero-order valence-corrected chi connectivity index (χ0v) is 9.83. The van der Waals surface area contributed by atoms with Crippen LogP contribution in [0.15, 0.2) is 30.3 Å². The molecule has 94 valence electrons. The summed E-state index contributed by atoms with van der Waals surface area (Å²) in [6.07, 6.45) is 0.335. The molecule has 0 bridgehead atoms. The van der Waals surface area contributed by atoms with Gasteiger partial charge in [-0.1, -0.05) is 30.3 Å². The van der Waals surface area contributed by atoms with Crippen LogP contribution in [-0.2, 0) is 9.53 Å². The summed E-state index contributed by atoms with van der Waals surface area (Å²) in [5.74, 6) is -0.724. The van der Waals surface area contributed by atoms with E-state index in [9.17, 15) is 9.59 Å². The molecule has 18 heavy (non-hydrogen) atoms. The SMILES string of the molecule is O=C1NC(=O)N2CCCO[C@H]2[C@@H]1c1ccccc1. The van der Waals surface area contributed by atoms with Gasteiger partial charge in [0.2, 0.25) is 5.91 Å². The number of hydrogen-bond donors (Lipinski definition) is 1.